The second-order valence-electron chi connectivity index (χ2n) is 10.8. The van der Waals surface area contributed by atoms with Crippen molar-refractivity contribution in [2.45, 2.75) is 26.8 Å². The maximum absolute atomic E-state index is 14.3. The molecule has 5 aromatic rings. The van der Waals surface area contributed by atoms with Gasteiger partial charge in [0.15, 0.2) is 4.80 Å². The first-order chi connectivity index (χ1) is 23.3. The molecule has 6 rings (SSSR count). The van der Waals surface area contributed by atoms with Crippen molar-refractivity contribution in [2.24, 2.45) is 4.99 Å². The number of allylic oxidation sites excluding steroid dienone is 1. The number of para-hydroxylation sites is 1. The number of fused-ring (bicyclic) bond motifs is 1. The summed E-state index contributed by atoms with van der Waals surface area (Å²) >= 11 is 1.22. The second kappa shape index (κ2) is 13.9. The highest BCUT2D eigenvalue weighted by Gasteiger charge is 2.33. The smallest absolute Gasteiger partial charge is 0.338 e. The molecule has 0 N–H and O–H groups in total. The van der Waals surface area contributed by atoms with E-state index in [1.807, 2.05) is 67.7 Å². The Hall–Kier alpha value is -5.81. The van der Waals surface area contributed by atoms with Gasteiger partial charge in [0.2, 0.25) is 0 Å². The molecule has 3 heterocycles. The van der Waals surface area contributed by atoms with Gasteiger partial charge < -0.3 is 14.2 Å². The van der Waals surface area contributed by atoms with E-state index in [1.165, 1.54) is 28.9 Å². The van der Waals surface area contributed by atoms with Crippen LogP contribution in [0.15, 0.2) is 119 Å². The van der Waals surface area contributed by atoms with Crippen LogP contribution in [0.4, 0.5) is 0 Å². The van der Waals surface area contributed by atoms with Crippen molar-refractivity contribution in [1.29, 1.82) is 0 Å². The van der Waals surface area contributed by atoms with Gasteiger partial charge in [-0.2, -0.15) is 5.10 Å². The third kappa shape index (κ3) is 6.53. The van der Waals surface area contributed by atoms with Gasteiger partial charge in [-0.15, -0.1) is 0 Å². The van der Waals surface area contributed by atoms with Crippen molar-refractivity contribution in [1.82, 2.24) is 14.3 Å². The fourth-order valence-electron chi connectivity index (χ4n) is 5.44. The van der Waals surface area contributed by atoms with Crippen molar-refractivity contribution in [3.8, 4) is 28.4 Å². The molecule has 2 aromatic heterocycles. The van der Waals surface area contributed by atoms with Gasteiger partial charge in [0, 0.05) is 24.2 Å². The van der Waals surface area contributed by atoms with Gasteiger partial charge in [-0.25, -0.2) is 14.5 Å². The molecule has 10 nitrogen and oxygen atoms in total. The Labute approximate surface area is 280 Å². The molecule has 242 valence electrons. The summed E-state index contributed by atoms with van der Waals surface area (Å²) in [6, 6.07) is 23.2. The fraction of sp³-hybridized carbons (Fsp3) is 0.162. The number of thiazole rings is 1. The van der Waals surface area contributed by atoms with Gasteiger partial charge in [-0.05, 0) is 74.0 Å². The third-order valence-corrected chi connectivity index (χ3v) is 8.50. The zero-order chi connectivity index (χ0) is 33.8. The largest absolute Gasteiger partial charge is 0.494 e. The minimum Gasteiger partial charge on any atom is -0.494 e. The van der Waals surface area contributed by atoms with Crippen LogP contribution >= 0.6 is 11.3 Å². The summed E-state index contributed by atoms with van der Waals surface area (Å²) in [5, 5.41) is 4.90. The number of hydrogen-bond acceptors (Lipinski definition) is 9. The summed E-state index contributed by atoms with van der Waals surface area (Å²) in [6.07, 6.45) is 5.16. The van der Waals surface area contributed by atoms with E-state index in [2.05, 4.69) is 11.6 Å². The van der Waals surface area contributed by atoms with Crippen molar-refractivity contribution < 1.29 is 23.8 Å². The van der Waals surface area contributed by atoms with Crippen molar-refractivity contribution in [3.63, 3.8) is 0 Å². The number of aromatic nitrogens is 3. The Morgan fingerprint density at radius 1 is 1.00 bits per heavy atom. The Morgan fingerprint density at radius 2 is 1.71 bits per heavy atom. The number of hydrogen-bond donors (Lipinski definition) is 0. The Morgan fingerprint density at radius 3 is 2.38 bits per heavy atom. The first-order valence-corrected chi connectivity index (χ1v) is 16.1. The maximum Gasteiger partial charge on any atom is 0.338 e. The lowest BCUT2D eigenvalue weighted by Gasteiger charge is -2.24. The van der Waals surface area contributed by atoms with Crippen molar-refractivity contribution >= 4 is 29.4 Å². The summed E-state index contributed by atoms with van der Waals surface area (Å²) in [5.41, 5.74) is 4.04. The third-order valence-electron chi connectivity index (χ3n) is 7.52. The quantitative estimate of drug-likeness (QED) is 0.116. The van der Waals surface area contributed by atoms with E-state index in [1.54, 1.807) is 41.9 Å². The summed E-state index contributed by atoms with van der Waals surface area (Å²) in [4.78, 5) is 44.3. The Bertz CT molecular complexity index is 2210. The van der Waals surface area contributed by atoms with E-state index in [-0.39, 0.29) is 17.7 Å². The number of carbonyl (C=O) groups is 2. The molecule has 0 amide bonds. The summed E-state index contributed by atoms with van der Waals surface area (Å²) in [5.74, 6) is 0.0199. The van der Waals surface area contributed by atoms with Gasteiger partial charge >= 0.3 is 11.9 Å². The molecule has 0 saturated carbocycles. The molecule has 0 saturated heterocycles. The van der Waals surface area contributed by atoms with Crippen LogP contribution in [0.3, 0.4) is 0 Å². The van der Waals surface area contributed by atoms with Crippen molar-refractivity contribution in [3.05, 3.63) is 140 Å². The number of nitrogens with zero attached hydrogens (tertiary/aromatic N) is 4. The van der Waals surface area contributed by atoms with Gasteiger partial charge in [-0.1, -0.05) is 54.3 Å². The summed E-state index contributed by atoms with van der Waals surface area (Å²) < 4.78 is 20.0. The molecule has 1 aliphatic rings. The first kappa shape index (κ1) is 32.1. The predicted molar refractivity (Wildman–Crippen MR) is 183 cm³/mol. The van der Waals surface area contributed by atoms with E-state index in [9.17, 15) is 14.4 Å². The van der Waals surface area contributed by atoms with E-state index in [0.717, 1.165) is 22.6 Å². The Balaban J connectivity index is 1.51. The molecule has 3 aromatic carbocycles. The predicted octanol–water partition coefficient (Wildman–Crippen LogP) is 5.14. The first-order valence-electron chi connectivity index (χ1n) is 15.2. The van der Waals surface area contributed by atoms with Crippen LogP contribution in [0.2, 0.25) is 0 Å². The topological polar surface area (TPSA) is 114 Å². The molecule has 11 heteroatoms. The van der Waals surface area contributed by atoms with E-state index < -0.39 is 18.0 Å². The monoisotopic (exact) mass is 660 g/mol. The molecule has 0 bridgehead atoms. The SMILES string of the molecule is C=CCOC(=O)C1=C(C)N=c2sc(=Cc3cn(-c4ccccc4)nc3-c3ccc(OCC)cc3)c(=O)n2C1c1ccc(OC(C)=O)cc1. The summed E-state index contributed by atoms with van der Waals surface area (Å²) in [6.45, 7) is 9.15. The molecule has 1 aliphatic heterocycles. The molecule has 0 aliphatic carbocycles. The van der Waals surface area contributed by atoms with Gasteiger partial charge in [0.05, 0.1) is 34.1 Å². The van der Waals surface area contributed by atoms with Crippen LogP contribution in [0.1, 0.15) is 37.9 Å². The lowest BCUT2D eigenvalue weighted by atomic mass is 9.96. The van der Waals surface area contributed by atoms with Crippen LogP contribution in [-0.4, -0.2) is 39.5 Å². The normalized spacial score (nSPS) is 14.2. The van der Waals surface area contributed by atoms with E-state index in [0.29, 0.717) is 38.6 Å². The lowest BCUT2D eigenvalue weighted by Crippen LogP contribution is -2.39. The molecule has 1 unspecified atom stereocenters. The highest BCUT2D eigenvalue weighted by atomic mass is 32.1. The van der Waals surface area contributed by atoms with Crippen LogP contribution < -0.4 is 24.4 Å². The van der Waals surface area contributed by atoms with Gasteiger partial charge in [-0.3, -0.25) is 14.2 Å². The highest BCUT2D eigenvalue weighted by Crippen LogP contribution is 2.32. The molecule has 1 atom stereocenters. The Kier molecular flexibility index (Phi) is 9.31. The number of rotatable bonds is 10. The van der Waals surface area contributed by atoms with Crippen LogP contribution in [-0.2, 0) is 14.3 Å². The van der Waals surface area contributed by atoms with Crippen molar-refractivity contribution in [2.75, 3.05) is 13.2 Å². The zero-order valence-electron chi connectivity index (χ0n) is 26.6. The van der Waals surface area contributed by atoms with Crippen LogP contribution in [0.5, 0.6) is 11.5 Å². The van der Waals surface area contributed by atoms with E-state index >= 15 is 0 Å². The average Bonchev–Trinajstić information content (AvgIpc) is 3.64. The van der Waals surface area contributed by atoms with Gasteiger partial charge in [0.25, 0.3) is 5.56 Å². The lowest BCUT2D eigenvalue weighted by molar-refractivity contribution is -0.138. The van der Waals surface area contributed by atoms with Crippen LogP contribution in [0, 0.1) is 0 Å². The zero-order valence-corrected chi connectivity index (χ0v) is 27.4. The van der Waals surface area contributed by atoms with Gasteiger partial charge in [0.1, 0.15) is 23.8 Å². The minimum absolute atomic E-state index is 0.00211. The molecule has 48 heavy (non-hydrogen) atoms. The maximum atomic E-state index is 14.3. The molecule has 0 spiro atoms. The second-order valence-corrected chi connectivity index (χ2v) is 11.8. The number of ether oxygens (including phenoxy) is 3. The molecular formula is C37H32N4O6S. The van der Waals surface area contributed by atoms with Crippen LogP contribution in [0.25, 0.3) is 23.0 Å². The number of carbonyl (C=O) groups excluding carboxylic acids is 2. The fourth-order valence-corrected chi connectivity index (χ4v) is 6.48. The molecular weight excluding hydrogens is 628 g/mol. The number of esters is 2. The number of benzene rings is 3. The average molecular weight is 661 g/mol. The highest BCUT2D eigenvalue weighted by molar-refractivity contribution is 7.07. The minimum atomic E-state index is -0.843. The standard InChI is InChI=1S/C37H32N4O6S/c1-5-20-46-36(44)32-23(3)38-37-41(34(32)26-14-18-30(19-15-26)47-24(4)42)35(43)31(48-37)21-27-22-40(28-10-8-7-9-11-28)39-33(27)25-12-16-29(17-13-25)45-6-2/h5,7-19,21-22,34H,1,6,20H2,2-4H3. The molecule has 0 radical (unpaired) electrons. The van der Waals surface area contributed by atoms with E-state index in [4.69, 9.17) is 19.3 Å². The summed E-state index contributed by atoms with van der Waals surface area (Å²) in [7, 11) is 0. The molecule has 0 fully saturated rings.